The van der Waals surface area contributed by atoms with Gasteiger partial charge in [0.2, 0.25) is 5.95 Å². The monoisotopic (exact) mass is 353 g/mol. The second-order valence-electron chi connectivity index (χ2n) is 6.49. The highest BCUT2D eigenvalue weighted by Gasteiger charge is 2.26. The molecule has 4 rings (SSSR count). The van der Waals surface area contributed by atoms with Crippen molar-refractivity contribution >= 4 is 11.8 Å². The first-order valence-corrected chi connectivity index (χ1v) is 8.95. The van der Waals surface area contributed by atoms with Gasteiger partial charge in [0, 0.05) is 44.1 Å². The zero-order valence-electron chi connectivity index (χ0n) is 14.9. The SMILES string of the molecule is CCn1c(Cn2ccnc2)nnc1C1CCN(c2ccnc(N)n2)CC1. The second kappa shape index (κ2) is 7.11. The van der Waals surface area contributed by atoms with Crippen LogP contribution >= 0.6 is 0 Å². The fourth-order valence-corrected chi connectivity index (χ4v) is 3.56. The van der Waals surface area contributed by atoms with Crippen molar-refractivity contribution in [2.75, 3.05) is 23.7 Å². The van der Waals surface area contributed by atoms with Crippen molar-refractivity contribution < 1.29 is 0 Å². The number of anilines is 2. The van der Waals surface area contributed by atoms with E-state index in [-0.39, 0.29) is 0 Å². The number of rotatable bonds is 5. The van der Waals surface area contributed by atoms with Crippen LogP contribution in [0.3, 0.4) is 0 Å². The van der Waals surface area contributed by atoms with E-state index in [0.717, 1.165) is 49.9 Å². The minimum Gasteiger partial charge on any atom is -0.368 e. The summed E-state index contributed by atoms with van der Waals surface area (Å²) in [5.41, 5.74) is 5.70. The molecular weight excluding hydrogens is 330 g/mol. The Morgan fingerprint density at radius 2 is 2.04 bits per heavy atom. The van der Waals surface area contributed by atoms with E-state index in [0.29, 0.717) is 18.4 Å². The summed E-state index contributed by atoms with van der Waals surface area (Å²) in [6.45, 7) is 5.56. The minimum atomic E-state index is 0.319. The molecule has 0 bridgehead atoms. The third kappa shape index (κ3) is 3.24. The van der Waals surface area contributed by atoms with Crippen molar-refractivity contribution in [3.8, 4) is 0 Å². The number of hydrogen-bond acceptors (Lipinski definition) is 7. The summed E-state index contributed by atoms with van der Waals surface area (Å²) in [4.78, 5) is 14.6. The Morgan fingerprint density at radius 1 is 1.19 bits per heavy atom. The van der Waals surface area contributed by atoms with Gasteiger partial charge >= 0.3 is 0 Å². The molecule has 0 amide bonds. The average molecular weight is 353 g/mol. The molecule has 0 aliphatic carbocycles. The summed E-state index contributed by atoms with van der Waals surface area (Å²) in [6.07, 6.45) is 9.28. The lowest BCUT2D eigenvalue weighted by atomic mass is 9.96. The first-order chi connectivity index (χ1) is 12.7. The minimum absolute atomic E-state index is 0.319. The van der Waals surface area contributed by atoms with Crippen LogP contribution in [0.25, 0.3) is 0 Å². The van der Waals surface area contributed by atoms with Gasteiger partial charge in [0.05, 0.1) is 12.9 Å². The summed E-state index contributed by atoms with van der Waals surface area (Å²) in [5, 5.41) is 8.96. The van der Waals surface area contributed by atoms with Crippen LogP contribution in [0.2, 0.25) is 0 Å². The van der Waals surface area contributed by atoms with Crippen LogP contribution < -0.4 is 10.6 Å². The molecule has 0 radical (unpaired) electrons. The Labute approximate surface area is 151 Å². The van der Waals surface area contributed by atoms with Gasteiger partial charge in [-0.2, -0.15) is 4.98 Å². The summed E-state index contributed by atoms with van der Waals surface area (Å²) >= 11 is 0. The fraction of sp³-hybridized carbons (Fsp3) is 0.471. The molecule has 1 fully saturated rings. The maximum Gasteiger partial charge on any atom is 0.221 e. The molecule has 136 valence electrons. The maximum atomic E-state index is 5.70. The second-order valence-corrected chi connectivity index (χ2v) is 6.49. The van der Waals surface area contributed by atoms with E-state index in [9.17, 15) is 0 Å². The standard InChI is InChI=1S/C17H23N9/c1-2-26-15(11-24-10-7-19-12-24)22-23-16(26)13-4-8-25(9-5-13)14-3-6-20-17(18)21-14/h3,6-7,10,12-13H,2,4-5,8-9,11H2,1H3,(H2,18,20,21). The summed E-state index contributed by atoms with van der Waals surface area (Å²) in [7, 11) is 0. The van der Waals surface area contributed by atoms with Gasteiger partial charge in [0.25, 0.3) is 0 Å². The van der Waals surface area contributed by atoms with Crippen LogP contribution in [0.15, 0.2) is 31.0 Å². The largest absolute Gasteiger partial charge is 0.368 e. The molecule has 0 aromatic carbocycles. The van der Waals surface area contributed by atoms with Crippen molar-refractivity contribution in [1.82, 2.24) is 34.3 Å². The third-order valence-electron chi connectivity index (χ3n) is 4.90. The van der Waals surface area contributed by atoms with Gasteiger partial charge < -0.3 is 19.8 Å². The Hall–Kier alpha value is -2.97. The third-order valence-corrected chi connectivity index (χ3v) is 4.90. The molecule has 9 heteroatoms. The first kappa shape index (κ1) is 16.5. The van der Waals surface area contributed by atoms with Gasteiger partial charge in [-0.25, -0.2) is 9.97 Å². The highest BCUT2D eigenvalue weighted by molar-refractivity contribution is 5.41. The molecule has 3 aromatic heterocycles. The van der Waals surface area contributed by atoms with Crippen LogP contribution in [0.4, 0.5) is 11.8 Å². The quantitative estimate of drug-likeness (QED) is 0.737. The number of nitrogen functional groups attached to an aromatic ring is 1. The van der Waals surface area contributed by atoms with Crippen LogP contribution in [0.5, 0.6) is 0 Å². The van der Waals surface area contributed by atoms with E-state index >= 15 is 0 Å². The predicted octanol–water partition coefficient (Wildman–Crippen LogP) is 1.30. The lowest BCUT2D eigenvalue weighted by Crippen LogP contribution is -2.34. The van der Waals surface area contributed by atoms with Gasteiger partial charge in [-0.15, -0.1) is 10.2 Å². The summed E-state index contributed by atoms with van der Waals surface area (Å²) in [6, 6.07) is 1.91. The number of nitrogens with zero attached hydrogens (tertiary/aromatic N) is 8. The molecule has 2 N–H and O–H groups in total. The Morgan fingerprint density at radius 3 is 2.73 bits per heavy atom. The number of aromatic nitrogens is 7. The first-order valence-electron chi connectivity index (χ1n) is 8.95. The molecular formula is C17H23N9. The van der Waals surface area contributed by atoms with E-state index in [2.05, 4.69) is 41.5 Å². The molecule has 1 aliphatic heterocycles. The van der Waals surface area contributed by atoms with Crippen LogP contribution in [0, 0.1) is 0 Å². The number of hydrogen-bond donors (Lipinski definition) is 1. The smallest absolute Gasteiger partial charge is 0.221 e. The zero-order valence-corrected chi connectivity index (χ0v) is 14.9. The molecule has 3 aromatic rings. The van der Waals surface area contributed by atoms with Gasteiger partial charge in [-0.3, -0.25) is 0 Å². The van der Waals surface area contributed by atoms with Crippen molar-refractivity contribution in [3.63, 3.8) is 0 Å². The van der Waals surface area contributed by atoms with E-state index in [1.165, 1.54) is 0 Å². The van der Waals surface area contributed by atoms with E-state index in [1.54, 1.807) is 18.7 Å². The van der Waals surface area contributed by atoms with Crippen LogP contribution in [-0.2, 0) is 13.1 Å². The van der Waals surface area contributed by atoms with Crippen molar-refractivity contribution in [2.45, 2.75) is 38.8 Å². The molecule has 4 heterocycles. The normalized spacial score (nSPS) is 15.5. The molecule has 9 nitrogen and oxygen atoms in total. The van der Waals surface area contributed by atoms with E-state index in [1.807, 2.05) is 16.8 Å². The molecule has 0 spiro atoms. The predicted molar refractivity (Wildman–Crippen MR) is 97.7 cm³/mol. The molecule has 1 aliphatic rings. The Bertz CT molecular complexity index is 847. The highest BCUT2D eigenvalue weighted by atomic mass is 15.3. The Kier molecular flexibility index (Phi) is 4.51. The zero-order chi connectivity index (χ0) is 17.9. The highest BCUT2D eigenvalue weighted by Crippen LogP contribution is 2.29. The van der Waals surface area contributed by atoms with Gasteiger partial charge in [-0.1, -0.05) is 0 Å². The van der Waals surface area contributed by atoms with Crippen molar-refractivity contribution in [1.29, 1.82) is 0 Å². The van der Waals surface area contributed by atoms with Crippen molar-refractivity contribution in [3.05, 3.63) is 42.6 Å². The average Bonchev–Trinajstić information content (AvgIpc) is 3.32. The number of imidazole rings is 1. The van der Waals surface area contributed by atoms with Gasteiger partial charge in [-0.05, 0) is 25.8 Å². The van der Waals surface area contributed by atoms with E-state index < -0.39 is 0 Å². The molecule has 0 atom stereocenters. The van der Waals surface area contributed by atoms with Gasteiger partial charge in [0.15, 0.2) is 5.82 Å². The van der Waals surface area contributed by atoms with Crippen molar-refractivity contribution in [2.24, 2.45) is 0 Å². The number of piperidine rings is 1. The Balaban J connectivity index is 1.46. The lowest BCUT2D eigenvalue weighted by Gasteiger charge is -2.32. The molecule has 1 saturated heterocycles. The topological polar surface area (TPSA) is 104 Å². The lowest BCUT2D eigenvalue weighted by molar-refractivity contribution is 0.462. The van der Waals surface area contributed by atoms with Crippen LogP contribution in [-0.4, -0.2) is 47.4 Å². The van der Waals surface area contributed by atoms with E-state index in [4.69, 9.17) is 5.73 Å². The summed E-state index contributed by atoms with van der Waals surface area (Å²) in [5.74, 6) is 3.69. The molecule has 26 heavy (non-hydrogen) atoms. The van der Waals surface area contributed by atoms with Crippen LogP contribution in [0.1, 0.15) is 37.3 Å². The molecule has 0 unspecified atom stereocenters. The summed E-state index contributed by atoms with van der Waals surface area (Å²) < 4.78 is 4.26. The van der Waals surface area contributed by atoms with Gasteiger partial charge in [0.1, 0.15) is 11.6 Å². The maximum absolute atomic E-state index is 5.70. The molecule has 0 saturated carbocycles. The fourth-order valence-electron chi connectivity index (χ4n) is 3.56. The number of nitrogens with two attached hydrogens (primary N) is 1.